The van der Waals surface area contributed by atoms with Gasteiger partial charge in [-0.3, -0.25) is 4.79 Å². The minimum absolute atomic E-state index is 0.279. The standard InChI is InChI=1S/C25H23BrN2O5/c1-16-4-7-19(8-5-16)25(30)33-22-13-6-18(14-23(22)31-3)15-27-28-24(29)17(2)32-21-11-9-20(26)10-12-21/h4-15,17H,1-3H3,(H,28,29)/b27-15-/t17-/m1/s1. The van der Waals surface area contributed by atoms with E-state index in [1.54, 1.807) is 49.4 Å². The molecule has 0 fully saturated rings. The van der Waals surface area contributed by atoms with Gasteiger partial charge in [0.2, 0.25) is 0 Å². The highest BCUT2D eigenvalue weighted by Gasteiger charge is 2.15. The molecule has 1 N–H and O–H groups in total. The number of amides is 1. The number of hydrogen-bond acceptors (Lipinski definition) is 6. The van der Waals surface area contributed by atoms with Crippen molar-refractivity contribution in [2.75, 3.05) is 7.11 Å². The molecule has 0 aliphatic carbocycles. The molecule has 0 saturated carbocycles. The fourth-order valence-corrected chi connectivity index (χ4v) is 2.99. The first-order valence-corrected chi connectivity index (χ1v) is 10.9. The van der Waals surface area contributed by atoms with Crippen molar-refractivity contribution in [3.05, 3.63) is 87.9 Å². The zero-order chi connectivity index (χ0) is 23.8. The summed E-state index contributed by atoms with van der Waals surface area (Å²) >= 11 is 3.35. The summed E-state index contributed by atoms with van der Waals surface area (Å²) in [6, 6.07) is 19.2. The first-order valence-electron chi connectivity index (χ1n) is 10.1. The molecule has 8 heteroatoms. The van der Waals surface area contributed by atoms with Gasteiger partial charge in [0, 0.05) is 4.47 Å². The van der Waals surface area contributed by atoms with E-state index in [0.29, 0.717) is 22.6 Å². The van der Waals surface area contributed by atoms with E-state index in [9.17, 15) is 9.59 Å². The van der Waals surface area contributed by atoms with E-state index < -0.39 is 18.0 Å². The number of nitrogens with zero attached hydrogens (tertiary/aromatic N) is 1. The molecular weight excluding hydrogens is 488 g/mol. The molecule has 0 radical (unpaired) electrons. The van der Waals surface area contributed by atoms with Crippen LogP contribution in [-0.2, 0) is 4.79 Å². The van der Waals surface area contributed by atoms with Crippen LogP contribution in [-0.4, -0.2) is 31.3 Å². The van der Waals surface area contributed by atoms with Gasteiger partial charge in [-0.15, -0.1) is 0 Å². The number of hydrazone groups is 1. The van der Waals surface area contributed by atoms with Gasteiger partial charge in [-0.05, 0) is 74.0 Å². The summed E-state index contributed by atoms with van der Waals surface area (Å²) in [5.41, 5.74) is 4.58. The largest absolute Gasteiger partial charge is 0.493 e. The SMILES string of the molecule is COc1cc(/C=N\NC(=O)[C@@H](C)Oc2ccc(Br)cc2)ccc1OC(=O)c1ccc(C)cc1. The Morgan fingerprint density at radius 1 is 1.00 bits per heavy atom. The fraction of sp³-hybridized carbons (Fsp3) is 0.160. The van der Waals surface area contributed by atoms with Crippen LogP contribution in [0, 0.1) is 6.92 Å². The second-order valence-corrected chi connectivity index (χ2v) is 8.03. The molecule has 0 aliphatic rings. The Hall–Kier alpha value is -3.65. The smallest absolute Gasteiger partial charge is 0.343 e. The number of benzene rings is 3. The highest BCUT2D eigenvalue weighted by atomic mass is 79.9. The van der Waals surface area contributed by atoms with Crippen molar-refractivity contribution in [1.29, 1.82) is 0 Å². The Balaban J connectivity index is 1.59. The maximum absolute atomic E-state index is 12.4. The first kappa shape index (κ1) is 24.0. The fourth-order valence-electron chi connectivity index (χ4n) is 2.73. The van der Waals surface area contributed by atoms with Crippen molar-refractivity contribution < 1.29 is 23.8 Å². The third kappa shape index (κ3) is 6.92. The number of methoxy groups -OCH3 is 1. The summed E-state index contributed by atoms with van der Waals surface area (Å²) in [6.07, 6.45) is 0.722. The van der Waals surface area contributed by atoms with Gasteiger partial charge in [-0.25, -0.2) is 10.2 Å². The van der Waals surface area contributed by atoms with Crippen molar-refractivity contribution in [1.82, 2.24) is 5.43 Å². The van der Waals surface area contributed by atoms with Crippen molar-refractivity contribution in [2.45, 2.75) is 20.0 Å². The molecule has 0 unspecified atom stereocenters. The summed E-state index contributed by atoms with van der Waals surface area (Å²) in [7, 11) is 1.47. The average Bonchev–Trinajstić information content (AvgIpc) is 2.81. The molecule has 1 amide bonds. The number of aryl methyl sites for hydroxylation is 1. The van der Waals surface area contributed by atoms with Gasteiger partial charge in [0.05, 0.1) is 18.9 Å². The summed E-state index contributed by atoms with van der Waals surface area (Å²) in [5.74, 6) is 0.329. The van der Waals surface area contributed by atoms with Gasteiger partial charge in [0.25, 0.3) is 5.91 Å². The van der Waals surface area contributed by atoms with Crippen LogP contribution in [0.3, 0.4) is 0 Å². The number of ether oxygens (including phenoxy) is 3. The summed E-state index contributed by atoms with van der Waals surface area (Å²) in [5, 5.41) is 3.96. The van der Waals surface area contributed by atoms with Gasteiger partial charge in [0.1, 0.15) is 5.75 Å². The maximum atomic E-state index is 12.4. The third-order valence-electron chi connectivity index (χ3n) is 4.56. The van der Waals surface area contributed by atoms with Crippen molar-refractivity contribution in [3.8, 4) is 17.2 Å². The Bertz CT molecular complexity index is 1140. The molecule has 0 bridgehead atoms. The van der Waals surface area contributed by atoms with Crippen LogP contribution in [0.15, 0.2) is 76.3 Å². The number of rotatable bonds is 8. The Morgan fingerprint density at radius 3 is 2.36 bits per heavy atom. The van der Waals surface area contributed by atoms with Crippen LogP contribution < -0.4 is 19.6 Å². The number of carbonyl (C=O) groups excluding carboxylic acids is 2. The lowest BCUT2D eigenvalue weighted by molar-refractivity contribution is -0.127. The summed E-state index contributed by atoms with van der Waals surface area (Å²) in [4.78, 5) is 24.6. The summed E-state index contributed by atoms with van der Waals surface area (Å²) < 4.78 is 17.3. The monoisotopic (exact) mass is 510 g/mol. The minimum atomic E-state index is -0.735. The topological polar surface area (TPSA) is 86.2 Å². The van der Waals surface area contributed by atoms with Crippen molar-refractivity contribution in [2.24, 2.45) is 5.10 Å². The number of carbonyl (C=O) groups is 2. The Morgan fingerprint density at radius 2 is 1.70 bits per heavy atom. The molecule has 170 valence electrons. The van der Waals surface area contributed by atoms with Gasteiger partial charge in [0.15, 0.2) is 17.6 Å². The zero-order valence-electron chi connectivity index (χ0n) is 18.4. The predicted molar refractivity (Wildman–Crippen MR) is 129 cm³/mol. The van der Waals surface area contributed by atoms with Crippen LogP contribution in [0.1, 0.15) is 28.4 Å². The highest BCUT2D eigenvalue weighted by molar-refractivity contribution is 9.10. The second kappa shape index (κ2) is 11.3. The van der Waals surface area contributed by atoms with Crippen LogP contribution >= 0.6 is 15.9 Å². The molecule has 0 heterocycles. The van der Waals surface area contributed by atoms with Crippen LogP contribution in [0.5, 0.6) is 17.2 Å². The number of hydrogen-bond donors (Lipinski definition) is 1. The normalized spacial score (nSPS) is 11.6. The van der Waals surface area contributed by atoms with E-state index in [-0.39, 0.29) is 5.75 Å². The first-order chi connectivity index (χ1) is 15.9. The quantitative estimate of drug-likeness (QED) is 0.201. The van der Waals surface area contributed by atoms with E-state index >= 15 is 0 Å². The van der Waals surface area contributed by atoms with E-state index in [1.807, 2.05) is 31.2 Å². The van der Waals surface area contributed by atoms with Crippen molar-refractivity contribution in [3.63, 3.8) is 0 Å². The lowest BCUT2D eigenvalue weighted by Crippen LogP contribution is -2.33. The molecule has 0 aliphatic heterocycles. The number of nitrogens with one attached hydrogen (secondary N) is 1. The Labute approximate surface area is 200 Å². The van der Waals surface area contributed by atoms with Crippen LogP contribution in [0.25, 0.3) is 0 Å². The minimum Gasteiger partial charge on any atom is -0.493 e. The average molecular weight is 511 g/mol. The highest BCUT2D eigenvalue weighted by Crippen LogP contribution is 2.28. The van der Waals surface area contributed by atoms with Gasteiger partial charge >= 0.3 is 5.97 Å². The summed E-state index contributed by atoms with van der Waals surface area (Å²) in [6.45, 7) is 3.57. The number of esters is 1. The number of halogens is 1. The molecule has 7 nitrogen and oxygen atoms in total. The zero-order valence-corrected chi connectivity index (χ0v) is 20.0. The molecule has 3 aromatic rings. The molecule has 0 spiro atoms. The molecule has 1 atom stereocenters. The lowest BCUT2D eigenvalue weighted by atomic mass is 10.1. The molecule has 0 aromatic heterocycles. The van der Waals surface area contributed by atoms with E-state index in [4.69, 9.17) is 14.2 Å². The van der Waals surface area contributed by atoms with Crippen molar-refractivity contribution >= 4 is 34.0 Å². The van der Waals surface area contributed by atoms with Gasteiger partial charge in [-0.2, -0.15) is 5.10 Å². The van der Waals surface area contributed by atoms with Gasteiger partial charge in [-0.1, -0.05) is 33.6 Å². The molecule has 33 heavy (non-hydrogen) atoms. The maximum Gasteiger partial charge on any atom is 0.343 e. The van der Waals surface area contributed by atoms with E-state index in [1.165, 1.54) is 13.3 Å². The Kier molecular flexibility index (Phi) is 8.21. The lowest BCUT2D eigenvalue weighted by Gasteiger charge is -2.13. The predicted octanol–water partition coefficient (Wildman–Crippen LogP) is 4.90. The molecule has 0 saturated heterocycles. The van der Waals surface area contributed by atoms with E-state index in [2.05, 4.69) is 26.5 Å². The molecular formula is C25H23BrN2O5. The van der Waals surface area contributed by atoms with E-state index in [0.717, 1.165) is 10.0 Å². The third-order valence-corrected chi connectivity index (χ3v) is 5.09. The second-order valence-electron chi connectivity index (χ2n) is 7.11. The molecule has 3 rings (SSSR count). The van der Waals surface area contributed by atoms with Crippen LogP contribution in [0.2, 0.25) is 0 Å². The molecule has 3 aromatic carbocycles. The van der Waals surface area contributed by atoms with Gasteiger partial charge < -0.3 is 14.2 Å². The van der Waals surface area contributed by atoms with Crippen LogP contribution in [0.4, 0.5) is 0 Å².